The van der Waals surface area contributed by atoms with Crippen LogP contribution in [0.1, 0.15) is 36.4 Å². The average Bonchev–Trinajstić information content (AvgIpc) is 2.58. The van der Waals surface area contributed by atoms with Crippen LogP contribution in [0, 0.1) is 5.92 Å². The molecule has 0 bridgehead atoms. The van der Waals surface area contributed by atoms with Crippen LogP contribution in [-0.4, -0.2) is 44.8 Å². The highest BCUT2D eigenvalue weighted by Gasteiger charge is 2.39. The number of methoxy groups -OCH3 is 2. The van der Waals surface area contributed by atoms with Crippen molar-refractivity contribution in [2.75, 3.05) is 33.9 Å². The summed E-state index contributed by atoms with van der Waals surface area (Å²) in [6, 6.07) is 5.63. The van der Waals surface area contributed by atoms with E-state index in [2.05, 4.69) is 22.3 Å². The molecule has 3 heterocycles. The van der Waals surface area contributed by atoms with Gasteiger partial charge in [0.15, 0.2) is 11.5 Å². The highest BCUT2D eigenvalue weighted by atomic mass is 16.5. The van der Waals surface area contributed by atoms with Gasteiger partial charge in [0.05, 0.1) is 14.2 Å². The minimum Gasteiger partial charge on any atom is -0.493 e. The summed E-state index contributed by atoms with van der Waals surface area (Å²) in [5, 5.41) is 3.75. The first kappa shape index (κ1) is 14.3. The quantitative estimate of drug-likeness (QED) is 0.909. The molecule has 1 aromatic rings. The second-order valence-corrected chi connectivity index (χ2v) is 6.87. The molecule has 3 atom stereocenters. The van der Waals surface area contributed by atoms with Crippen LogP contribution >= 0.6 is 0 Å². The minimum absolute atomic E-state index is 0.537. The molecule has 4 nitrogen and oxygen atoms in total. The first-order valence-corrected chi connectivity index (χ1v) is 8.52. The molecule has 0 aromatic heterocycles. The van der Waals surface area contributed by atoms with Gasteiger partial charge < -0.3 is 14.8 Å². The van der Waals surface area contributed by atoms with Crippen molar-refractivity contribution in [1.29, 1.82) is 0 Å². The third-order valence-electron chi connectivity index (χ3n) is 5.79. The highest BCUT2D eigenvalue weighted by Crippen LogP contribution is 2.43. The number of benzene rings is 1. The van der Waals surface area contributed by atoms with E-state index in [-0.39, 0.29) is 0 Å². The molecule has 2 fully saturated rings. The second-order valence-electron chi connectivity index (χ2n) is 6.87. The van der Waals surface area contributed by atoms with E-state index in [1.807, 2.05) is 0 Å². The molecule has 0 aliphatic carbocycles. The monoisotopic (exact) mass is 302 g/mol. The molecule has 0 spiro atoms. The van der Waals surface area contributed by atoms with Crippen molar-refractivity contribution in [3.8, 4) is 11.5 Å². The minimum atomic E-state index is 0.537. The van der Waals surface area contributed by atoms with Gasteiger partial charge in [-0.15, -0.1) is 0 Å². The van der Waals surface area contributed by atoms with Crippen LogP contribution in [0.2, 0.25) is 0 Å². The second kappa shape index (κ2) is 5.74. The molecule has 3 aliphatic rings. The maximum absolute atomic E-state index is 5.53. The number of nitrogens with zero attached hydrogens (tertiary/aromatic N) is 1. The molecular weight excluding hydrogens is 276 g/mol. The van der Waals surface area contributed by atoms with Crippen molar-refractivity contribution in [2.24, 2.45) is 5.92 Å². The lowest BCUT2D eigenvalue weighted by Gasteiger charge is -2.49. The molecule has 4 heteroatoms. The van der Waals surface area contributed by atoms with Gasteiger partial charge >= 0.3 is 0 Å². The molecule has 4 rings (SSSR count). The lowest BCUT2D eigenvalue weighted by atomic mass is 9.77. The Bertz CT molecular complexity index is 560. The van der Waals surface area contributed by atoms with Gasteiger partial charge in [0.25, 0.3) is 0 Å². The Balaban J connectivity index is 1.67. The number of hydrogen-bond acceptors (Lipinski definition) is 4. The third-order valence-corrected chi connectivity index (χ3v) is 5.79. The molecule has 1 N–H and O–H groups in total. The SMILES string of the molecule is COc1cc2c(cc1OC)[C@H]1C[C@@H]3NCCC[C@@H]3CN1CC2. The van der Waals surface area contributed by atoms with E-state index in [1.54, 1.807) is 14.2 Å². The van der Waals surface area contributed by atoms with Gasteiger partial charge in [-0.25, -0.2) is 0 Å². The largest absolute Gasteiger partial charge is 0.493 e. The van der Waals surface area contributed by atoms with Crippen LogP contribution in [0.4, 0.5) is 0 Å². The molecule has 0 unspecified atom stereocenters. The van der Waals surface area contributed by atoms with Gasteiger partial charge in [-0.1, -0.05) is 0 Å². The van der Waals surface area contributed by atoms with Crippen LogP contribution < -0.4 is 14.8 Å². The van der Waals surface area contributed by atoms with Crippen molar-refractivity contribution >= 4 is 0 Å². The predicted octanol–water partition coefficient (Wildman–Crippen LogP) is 2.37. The van der Waals surface area contributed by atoms with Gasteiger partial charge in [-0.05, 0) is 61.4 Å². The van der Waals surface area contributed by atoms with Crippen LogP contribution in [0.25, 0.3) is 0 Å². The summed E-state index contributed by atoms with van der Waals surface area (Å²) >= 11 is 0. The summed E-state index contributed by atoms with van der Waals surface area (Å²) in [6.45, 7) is 3.61. The fourth-order valence-corrected chi connectivity index (χ4v) is 4.63. The Morgan fingerprint density at radius 1 is 1.18 bits per heavy atom. The maximum Gasteiger partial charge on any atom is 0.161 e. The van der Waals surface area contributed by atoms with E-state index in [4.69, 9.17) is 9.47 Å². The molecule has 1 aromatic carbocycles. The molecule has 0 amide bonds. The number of ether oxygens (including phenoxy) is 2. The van der Waals surface area contributed by atoms with Crippen molar-refractivity contribution < 1.29 is 9.47 Å². The predicted molar refractivity (Wildman–Crippen MR) is 86.7 cm³/mol. The van der Waals surface area contributed by atoms with Crippen LogP contribution in [0.15, 0.2) is 12.1 Å². The summed E-state index contributed by atoms with van der Waals surface area (Å²) < 4.78 is 11.0. The van der Waals surface area contributed by atoms with Crippen LogP contribution in [0.5, 0.6) is 11.5 Å². The molecule has 0 radical (unpaired) electrons. The first-order valence-electron chi connectivity index (χ1n) is 8.52. The zero-order valence-corrected chi connectivity index (χ0v) is 13.6. The normalized spacial score (nSPS) is 30.9. The standard InChI is InChI=1S/C18H26N2O2/c1-21-17-8-12-5-7-20-11-13-4-3-6-19-15(13)10-16(20)14(12)9-18(17)22-2/h8-9,13,15-16,19H,3-7,10-11H2,1-2H3/t13-,15+,16-/m1/s1. The number of rotatable bonds is 2. The van der Waals surface area contributed by atoms with E-state index in [0.29, 0.717) is 12.1 Å². The molecule has 120 valence electrons. The van der Waals surface area contributed by atoms with E-state index in [1.165, 1.54) is 50.0 Å². The van der Waals surface area contributed by atoms with Gasteiger partial charge in [0.2, 0.25) is 0 Å². The third kappa shape index (κ3) is 2.29. The van der Waals surface area contributed by atoms with Crippen LogP contribution in [-0.2, 0) is 6.42 Å². The van der Waals surface area contributed by atoms with E-state index < -0.39 is 0 Å². The highest BCUT2D eigenvalue weighted by molar-refractivity contribution is 5.49. The summed E-state index contributed by atoms with van der Waals surface area (Å²) in [5.41, 5.74) is 2.89. The van der Waals surface area contributed by atoms with Crippen LogP contribution in [0.3, 0.4) is 0 Å². The Labute approximate surface area is 132 Å². The van der Waals surface area contributed by atoms with E-state index in [0.717, 1.165) is 23.8 Å². The lowest BCUT2D eigenvalue weighted by molar-refractivity contribution is 0.0550. The molecule has 2 saturated heterocycles. The number of nitrogens with one attached hydrogen (secondary N) is 1. The zero-order chi connectivity index (χ0) is 15.1. The van der Waals surface area contributed by atoms with Crippen molar-refractivity contribution in [1.82, 2.24) is 10.2 Å². The summed E-state index contributed by atoms with van der Waals surface area (Å²) in [5.74, 6) is 2.56. The van der Waals surface area contributed by atoms with Crippen molar-refractivity contribution in [3.63, 3.8) is 0 Å². The fourth-order valence-electron chi connectivity index (χ4n) is 4.63. The summed E-state index contributed by atoms with van der Waals surface area (Å²) in [7, 11) is 3.45. The van der Waals surface area contributed by atoms with Gasteiger partial charge in [0.1, 0.15) is 0 Å². The molecular formula is C18H26N2O2. The average molecular weight is 302 g/mol. The molecule has 0 saturated carbocycles. The molecule has 3 aliphatic heterocycles. The first-order chi connectivity index (χ1) is 10.8. The van der Waals surface area contributed by atoms with Crippen molar-refractivity contribution in [2.45, 2.75) is 37.8 Å². The van der Waals surface area contributed by atoms with E-state index >= 15 is 0 Å². The van der Waals surface area contributed by atoms with Gasteiger partial charge in [-0.2, -0.15) is 0 Å². The molecule has 22 heavy (non-hydrogen) atoms. The number of hydrogen-bond donors (Lipinski definition) is 1. The van der Waals surface area contributed by atoms with Crippen molar-refractivity contribution in [3.05, 3.63) is 23.3 Å². The Morgan fingerprint density at radius 3 is 2.82 bits per heavy atom. The van der Waals surface area contributed by atoms with E-state index in [9.17, 15) is 0 Å². The zero-order valence-electron chi connectivity index (χ0n) is 13.6. The Morgan fingerprint density at radius 2 is 2.00 bits per heavy atom. The maximum atomic E-state index is 5.53. The topological polar surface area (TPSA) is 33.7 Å². The lowest BCUT2D eigenvalue weighted by Crippen LogP contribution is -2.54. The number of fused-ring (bicyclic) bond motifs is 4. The fraction of sp³-hybridized carbons (Fsp3) is 0.667. The van der Waals surface area contributed by atoms with Gasteiger partial charge in [0, 0.05) is 25.2 Å². The van der Waals surface area contributed by atoms with Gasteiger partial charge in [-0.3, -0.25) is 4.90 Å². The summed E-state index contributed by atoms with van der Waals surface area (Å²) in [6.07, 6.45) is 5.07. The smallest absolute Gasteiger partial charge is 0.161 e. The summed E-state index contributed by atoms with van der Waals surface area (Å²) in [4.78, 5) is 2.70. The Hall–Kier alpha value is -1.26. The number of piperidine rings is 2. The Kier molecular flexibility index (Phi) is 3.74.